The number of non-ortho nitro benzene ring substituents is 1. The summed E-state index contributed by atoms with van der Waals surface area (Å²) in [5.41, 5.74) is 9.41. The van der Waals surface area contributed by atoms with Crippen LogP contribution in [0.25, 0.3) is 11.1 Å². The van der Waals surface area contributed by atoms with E-state index < -0.39 is 4.92 Å². The zero-order valence-electron chi connectivity index (χ0n) is 12.5. The first kappa shape index (κ1) is 15.4. The maximum absolute atomic E-state index is 10.8. The molecule has 0 atom stereocenters. The first-order chi connectivity index (χ1) is 10.5. The highest BCUT2D eigenvalue weighted by Crippen LogP contribution is 2.33. The average Bonchev–Trinajstić information content (AvgIpc) is 2.49. The molecule has 0 fully saturated rings. The van der Waals surface area contributed by atoms with Crippen LogP contribution in [-0.2, 0) is 6.42 Å². The lowest BCUT2D eigenvalue weighted by molar-refractivity contribution is -0.384. The minimum Gasteiger partial charge on any atom is -0.383 e. The molecule has 0 bridgehead atoms. The lowest BCUT2D eigenvalue weighted by Gasteiger charge is -2.15. The summed E-state index contributed by atoms with van der Waals surface area (Å²) in [4.78, 5) is 14.6. The maximum Gasteiger partial charge on any atom is 0.269 e. The van der Waals surface area contributed by atoms with Crippen molar-refractivity contribution in [3.05, 3.63) is 51.2 Å². The third-order valence-electron chi connectivity index (χ3n) is 3.51. The van der Waals surface area contributed by atoms with Crippen molar-refractivity contribution in [1.29, 1.82) is 5.26 Å². The van der Waals surface area contributed by atoms with E-state index in [-0.39, 0.29) is 11.5 Å². The molecule has 2 aromatic rings. The van der Waals surface area contributed by atoms with Crippen LogP contribution in [0.5, 0.6) is 0 Å². The molecule has 0 saturated heterocycles. The Morgan fingerprint density at radius 1 is 1.36 bits per heavy atom. The van der Waals surface area contributed by atoms with Gasteiger partial charge in [-0.3, -0.25) is 10.1 Å². The maximum atomic E-state index is 10.8. The van der Waals surface area contributed by atoms with E-state index in [4.69, 9.17) is 5.73 Å². The molecule has 6 nitrogen and oxygen atoms in total. The normalized spacial score (nSPS) is 10.2. The quantitative estimate of drug-likeness (QED) is 0.687. The van der Waals surface area contributed by atoms with Crippen LogP contribution >= 0.6 is 0 Å². The molecule has 1 aromatic carbocycles. The fourth-order valence-electron chi connectivity index (χ4n) is 2.50. The number of pyridine rings is 1. The summed E-state index contributed by atoms with van der Waals surface area (Å²) in [6.45, 7) is 3.90. The van der Waals surface area contributed by atoms with Crippen LogP contribution in [0.1, 0.15) is 30.2 Å². The smallest absolute Gasteiger partial charge is 0.269 e. The molecule has 112 valence electrons. The molecular weight excluding hydrogens is 280 g/mol. The van der Waals surface area contributed by atoms with E-state index in [1.54, 1.807) is 12.1 Å². The SMILES string of the molecule is CCCc1c(C)nc(N)c(C#N)c1-c1ccc([N+](=O)[O-])cc1. The van der Waals surface area contributed by atoms with Crippen molar-refractivity contribution in [3.63, 3.8) is 0 Å². The van der Waals surface area contributed by atoms with Crippen molar-refractivity contribution in [2.75, 3.05) is 5.73 Å². The second-order valence-electron chi connectivity index (χ2n) is 4.98. The Labute approximate surface area is 128 Å². The summed E-state index contributed by atoms with van der Waals surface area (Å²) in [6, 6.07) is 8.25. The molecule has 1 aromatic heterocycles. The van der Waals surface area contributed by atoms with E-state index >= 15 is 0 Å². The summed E-state index contributed by atoms with van der Waals surface area (Å²) in [7, 11) is 0. The molecule has 2 N–H and O–H groups in total. The monoisotopic (exact) mass is 296 g/mol. The lowest BCUT2D eigenvalue weighted by Crippen LogP contribution is -2.05. The van der Waals surface area contributed by atoms with Crippen LogP contribution in [0.2, 0.25) is 0 Å². The summed E-state index contributed by atoms with van der Waals surface area (Å²) in [5, 5.41) is 20.2. The van der Waals surface area contributed by atoms with Gasteiger partial charge in [0, 0.05) is 23.4 Å². The van der Waals surface area contributed by atoms with Gasteiger partial charge < -0.3 is 5.73 Å². The Kier molecular flexibility index (Phi) is 4.37. The summed E-state index contributed by atoms with van der Waals surface area (Å²) in [6.07, 6.45) is 1.66. The Morgan fingerprint density at radius 2 is 2.00 bits per heavy atom. The molecule has 22 heavy (non-hydrogen) atoms. The van der Waals surface area contributed by atoms with E-state index in [0.717, 1.165) is 35.2 Å². The number of hydrogen-bond donors (Lipinski definition) is 1. The van der Waals surface area contributed by atoms with Crippen molar-refractivity contribution < 1.29 is 4.92 Å². The minimum absolute atomic E-state index is 0.0121. The molecule has 0 aliphatic heterocycles. The number of hydrogen-bond acceptors (Lipinski definition) is 5. The second-order valence-corrected chi connectivity index (χ2v) is 4.98. The number of nitro groups is 1. The number of aromatic nitrogens is 1. The molecule has 0 amide bonds. The fraction of sp³-hybridized carbons (Fsp3) is 0.250. The summed E-state index contributed by atoms with van der Waals surface area (Å²) >= 11 is 0. The van der Waals surface area contributed by atoms with Crippen molar-refractivity contribution in [3.8, 4) is 17.2 Å². The van der Waals surface area contributed by atoms with Gasteiger partial charge in [0.2, 0.25) is 0 Å². The van der Waals surface area contributed by atoms with Gasteiger partial charge in [0.1, 0.15) is 17.5 Å². The van der Waals surface area contributed by atoms with Crippen LogP contribution in [0.4, 0.5) is 11.5 Å². The van der Waals surface area contributed by atoms with Gasteiger partial charge in [-0.15, -0.1) is 0 Å². The predicted octanol–water partition coefficient (Wildman–Crippen LogP) is 3.37. The van der Waals surface area contributed by atoms with Gasteiger partial charge in [-0.25, -0.2) is 4.98 Å². The lowest BCUT2D eigenvalue weighted by atomic mass is 9.92. The standard InChI is InChI=1S/C16H16N4O2/c1-3-4-13-10(2)19-16(18)14(9-17)15(13)11-5-7-12(8-6-11)20(21)22/h5-8H,3-4H2,1-2H3,(H2,18,19). The number of aryl methyl sites for hydroxylation is 1. The Balaban J connectivity index is 2.71. The van der Waals surface area contributed by atoms with E-state index in [1.165, 1.54) is 12.1 Å². The largest absolute Gasteiger partial charge is 0.383 e. The number of nitrogen functional groups attached to an aromatic ring is 1. The molecular formula is C16H16N4O2. The minimum atomic E-state index is -0.450. The van der Waals surface area contributed by atoms with E-state index in [2.05, 4.69) is 11.1 Å². The number of nitrogens with zero attached hydrogens (tertiary/aromatic N) is 3. The van der Waals surface area contributed by atoms with Gasteiger partial charge >= 0.3 is 0 Å². The van der Waals surface area contributed by atoms with Crippen LogP contribution < -0.4 is 5.73 Å². The van der Waals surface area contributed by atoms with E-state index in [0.29, 0.717) is 5.56 Å². The van der Waals surface area contributed by atoms with Gasteiger partial charge in [0.15, 0.2) is 0 Å². The molecule has 6 heteroatoms. The highest BCUT2D eigenvalue weighted by atomic mass is 16.6. The molecule has 0 unspecified atom stereocenters. The highest BCUT2D eigenvalue weighted by Gasteiger charge is 2.18. The topological polar surface area (TPSA) is 106 Å². The van der Waals surface area contributed by atoms with E-state index in [9.17, 15) is 15.4 Å². The third-order valence-corrected chi connectivity index (χ3v) is 3.51. The van der Waals surface area contributed by atoms with Crippen molar-refractivity contribution in [2.24, 2.45) is 0 Å². The predicted molar refractivity (Wildman–Crippen MR) is 84.2 cm³/mol. The van der Waals surface area contributed by atoms with Crippen molar-refractivity contribution in [2.45, 2.75) is 26.7 Å². The zero-order chi connectivity index (χ0) is 16.3. The molecule has 0 radical (unpaired) electrons. The van der Waals surface area contributed by atoms with Crippen LogP contribution in [0, 0.1) is 28.4 Å². The zero-order valence-corrected chi connectivity index (χ0v) is 12.5. The Morgan fingerprint density at radius 3 is 2.50 bits per heavy atom. The van der Waals surface area contributed by atoms with Gasteiger partial charge in [-0.05, 0) is 36.6 Å². The first-order valence-electron chi connectivity index (χ1n) is 6.93. The number of anilines is 1. The van der Waals surface area contributed by atoms with Crippen LogP contribution in [0.15, 0.2) is 24.3 Å². The average molecular weight is 296 g/mol. The van der Waals surface area contributed by atoms with E-state index in [1.807, 2.05) is 13.8 Å². The van der Waals surface area contributed by atoms with Crippen LogP contribution in [0.3, 0.4) is 0 Å². The van der Waals surface area contributed by atoms with Gasteiger partial charge in [0.05, 0.1) is 4.92 Å². The van der Waals surface area contributed by atoms with Crippen LogP contribution in [-0.4, -0.2) is 9.91 Å². The first-order valence-corrected chi connectivity index (χ1v) is 6.93. The molecule has 0 spiro atoms. The number of rotatable bonds is 4. The molecule has 1 heterocycles. The number of nitrogens with two attached hydrogens (primary N) is 1. The van der Waals surface area contributed by atoms with Crippen molar-refractivity contribution >= 4 is 11.5 Å². The number of nitro benzene ring substituents is 1. The van der Waals surface area contributed by atoms with Gasteiger partial charge in [0.25, 0.3) is 5.69 Å². The highest BCUT2D eigenvalue weighted by molar-refractivity contribution is 5.79. The van der Waals surface area contributed by atoms with Crippen molar-refractivity contribution in [1.82, 2.24) is 4.98 Å². The summed E-state index contributed by atoms with van der Waals surface area (Å²) < 4.78 is 0. The number of nitriles is 1. The molecule has 0 saturated carbocycles. The third kappa shape index (κ3) is 2.74. The Hall–Kier alpha value is -2.94. The van der Waals surface area contributed by atoms with Gasteiger partial charge in [-0.1, -0.05) is 13.3 Å². The molecule has 2 rings (SSSR count). The number of benzene rings is 1. The fourth-order valence-corrected chi connectivity index (χ4v) is 2.50. The second kappa shape index (κ2) is 6.22. The van der Waals surface area contributed by atoms with Gasteiger partial charge in [-0.2, -0.15) is 5.26 Å². The summed E-state index contributed by atoms with van der Waals surface area (Å²) in [5.74, 6) is 0.188. The Bertz CT molecular complexity index is 761. The molecule has 0 aliphatic rings. The molecule has 0 aliphatic carbocycles.